The van der Waals surface area contributed by atoms with Crippen molar-refractivity contribution in [3.8, 4) is 17.1 Å². The minimum Gasteiger partial charge on any atom is -0.471 e. The number of hydrogen-bond donors (Lipinski definition) is 0. The van der Waals surface area contributed by atoms with Crippen molar-refractivity contribution in [1.82, 2.24) is 19.9 Å². The maximum atomic E-state index is 13.7. The molecule has 6 heteroatoms. The van der Waals surface area contributed by atoms with Gasteiger partial charge in [-0.05, 0) is 43.4 Å². The molecule has 0 N–H and O–H groups in total. The molecule has 3 heterocycles. The first-order chi connectivity index (χ1) is 12.3. The van der Waals surface area contributed by atoms with E-state index in [0.29, 0.717) is 5.88 Å². The van der Waals surface area contributed by atoms with Crippen LogP contribution in [0.2, 0.25) is 0 Å². The van der Waals surface area contributed by atoms with Crippen LogP contribution in [0.15, 0.2) is 43.0 Å². The van der Waals surface area contributed by atoms with Crippen molar-refractivity contribution >= 4 is 0 Å². The van der Waals surface area contributed by atoms with Gasteiger partial charge in [-0.25, -0.2) is 9.37 Å². The van der Waals surface area contributed by atoms with E-state index in [1.807, 2.05) is 6.07 Å². The Balaban J connectivity index is 1.68. The highest BCUT2D eigenvalue weighted by Gasteiger charge is 2.19. The van der Waals surface area contributed by atoms with E-state index in [-0.39, 0.29) is 18.1 Å². The molecule has 0 aromatic carbocycles. The molecule has 0 saturated heterocycles. The maximum absolute atomic E-state index is 13.7. The van der Waals surface area contributed by atoms with Crippen molar-refractivity contribution < 1.29 is 9.13 Å². The van der Waals surface area contributed by atoms with Crippen molar-refractivity contribution in [2.75, 3.05) is 0 Å². The Labute approximate surface area is 145 Å². The Bertz CT molecular complexity index is 886. The Kier molecular flexibility index (Phi) is 4.33. The van der Waals surface area contributed by atoms with Gasteiger partial charge < -0.3 is 4.74 Å². The molecule has 0 saturated carbocycles. The molecule has 1 aliphatic carbocycles. The molecular weight excluding hydrogens is 319 g/mol. The fraction of sp³-hybridized carbons (Fsp3) is 0.263. The van der Waals surface area contributed by atoms with Gasteiger partial charge in [-0.15, -0.1) is 0 Å². The quantitative estimate of drug-likeness (QED) is 0.729. The van der Waals surface area contributed by atoms with Crippen LogP contribution in [-0.4, -0.2) is 19.9 Å². The number of rotatable bonds is 4. The SMILES string of the molecule is Fc1cccnc1COc1cc(-c2cnccn2)c2c(n1)CCCC2. The lowest BCUT2D eigenvalue weighted by Crippen LogP contribution is -2.10. The van der Waals surface area contributed by atoms with Crippen molar-refractivity contribution in [3.63, 3.8) is 0 Å². The fourth-order valence-electron chi connectivity index (χ4n) is 3.09. The summed E-state index contributed by atoms with van der Waals surface area (Å²) in [6.07, 6.45) is 10.8. The van der Waals surface area contributed by atoms with Crippen LogP contribution < -0.4 is 4.74 Å². The predicted octanol–water partition coefficient (Wildman–Crippen LogP) is 3.53. The Morgan fingerprint density at radius 3 is 2.84 bits per heavy atom. The average molecular weight is 336 g/mol. The lowest BCUT2D eigenvalue weighted by Gasteiger charge is -2.19. The second-order valence-electron chi connectivity index (χ2n) is 5.95. The summed E-state index contributed by atoms with van der Waals surface area (Å²) in [7, 11) is 0. The number of hydrogen-bond acceptors (Lipinski definition) is 5. The van der Waals surface area contributed by atoms with E-state index < -0.39 is 0 Å². The van der Waals surface area contributed by atoms with E-state index >= 15 is 0 Å². The molecule has 5 nitrogen and oxygen atoms in total. The minimum atomic E-state index is -0.380. The highest BCUT2D eigenvalue weighted by molar-refractivity contribution is 5.65. The first-order valence-electron chi connectivity index (χ1n) is 8.32. The summed E-state index contributed by atoms with van der Waals surface area (Å²) in [5.74, 6) is 0.0842. The molecule has 4 rings (SSSR count). The first-order valence-corrected chi connectivity index (χ1v) is 8.32. The van der Waals surface area contributed by atoms with Crippen LogP contribution in [0.4, 0.5) is 4.39 Å². The molecule has 0 amide bonds. The molecule has 0 bridgehead atoms. The van der Waals surface area contributed by atoms with Gasteiger partial charge in [0.2, 0.25) is 5.88 Å². The number of halogens is 1. The number of aryl methyl sites for hydroxylation is 1. The first kappa shape index (κ1) is 15.6. The normalized spacial score (nSPS) is 13.3. The zero-order chi connectivity index (χ0) is 17.1. The molecule has 1 aliphatic rings. The lowest BCUT2D eigenvalue weighted by atomic mass is 9.91. The van der Waals surface area contributed by atoms with E-state index in [2.05, 4.69) is 19.9 Å². The van der Waals surface area contributed by atoms with Crippen LogP contribution in [0.5, 0.6) is 5.88 Å². The number of ether oxygens (including phenoxy) is 1. The van der Waals surface area contributed by atoms with Gasteiger partial charge in [0.15, 0.2) is 0 Å². The molecule has 126 valence electrons. The van der Waals surface area contributed by atoms with Gasteiger partial charge in [-0.2, -0.15) is 0 Å². The maximum Gasteiger partial charge on any atom is 0.214 e. The number of nitrogens with zero attached hydrogens (tertiary/aromatic N) is 4. The topological polar surface area (TPSA) is 60.8 Å². The van der Waals surface area contributed by atoms with Crippen LogP contribution in [0.1, 0.15) is 29.8 Å². The Morgan fingerprint density at radius 2 is 2.00 bits per heavy atom. The van der Waals surface area contributed by atoms with E-state index in [9.17, 15) is 4.39 Å². The average Bonchev–Trinajstić information content (AvgIpc) is 2.67. The monoisotopic (exact) mass is 336 g/mol. The molecule has 3 aromatic rings. The van der Waals surface area contributed by atoms with Crippen molar-refractivity contribution in [3.05, 3.63) is 65.8 Å². The summed E-state index contributed by atoms with van der Waals surface area (Å²) in [5, 5.41) is 0. The van der Waals surface area contributed by atoms with Crippen LogP contribution in [0.3, 0.4) is 0 Å². The Hall–Kier alpha value is -2.89. The van der Waals surface area contributed by atoms with Gasteiger partial charge in [0.1, 0.15) is 18.1 Å². The highest BCUT2D eigenvalue weighted by atomic mass is 19.1. The van der Waals surface area contributed by atoms with Crippen LogP contribution in [-0.2, 0) is 19.4 Å². The highest BCUT2D eigenvalue weighted by Crippen LogP contribution is 2.32. The van der Waals surface area contributed by atoms with Gasteiger partial charge in [0, 0.05) is 35.9 Å². The number of fused-ring (bicyclic) bond motifs is 1. The van der Waals surface area contributed by atoms with Crippen molar-refractivity contribution in [2.45, 2.75) is 32.3 Å². The third-order valence-corrected chi connectivity index (χ3v) is 4.31. The van der Waals surface area contributed by atoms with Crippen molar-refractivity contribution in [1.29, 1.82) is 0 Å². The molecule has 0 radical (unpaired) electrons. The largest absolute Gasteiger partial charge is 0.471 e. The van der Waals surface area contributed by atoms with Gasteiger partial charge in [-0.1, -0.05) is 0 Å². The molecular formula is C19H17FN4O. The summed E-state index contributed by atoms with van der Waals surface area (Å²) < 4.78 is 19.5. The summed E-state index contributed by atoms with van der Waals surface area (Å²) >= 11 is 0. The van der Waals surface area contributed by atoms with Crippen LogP contribution >= 0.6 is 0 Å². The molecule has 25 heavy (non-hydrogen) atoms. The zero-order valence-corrected chi connectivity index (χ0v) is 13.7. The van der Waals surface area contributed by atoms with E-state index in [1.165, 1.54) is 11.6 Å². The third kappa shape index (κ3) is 3.33. The molecule has 0 aliphatic heterocycles. The fourth-order valence-corrected chi connectivity index (χ4v) is 3.09. The Morgan fingerprint density at radius 1 is 1.08 bits per heavy atom. The van der Waals surface area contributed by atoms with E-state index in [4.69, 9.17) is 4.74 Å². The zero-order valence-electron chi connectivity index (χ0n) is 13.7. The predicted molar refractivity (Wildman–Crippen MR) is 90.4 cm³/mol. The van der Waals surface area contributed by atoms with Gasteiger partial charge in [0.05, 0.1) is 11.9 Å². The molecule has 0 atom stereocenters. The number of aromatic nitrogens is 4. The summed E-state index contributed by atoms with van der Waals surface area (Å²) in [6.45, 7) is 0.0400. The van der Waals surface area contributed by atoms with Gasteiger partial charge in [0.25, 0.3) is 0 Å². The van der Waals surface area contributed by atoms with Crippen molar-refractivity contribution in [2.24, 2.45) is 0 Å². The van der Waals surface area contributed by atoms with Crippen LogP contribution in [0, 0.1) is 5.82 Å². The second-order valence-corrected chi connectivity index (χ2v) is 5.95. The van der Waals surface area contributed by atoms with Gasteiger partial charge >= 0.3 is 0 Å². The summed E-state index contributed by atoms with van der Waals surface area (Å²) in [6, 6.07) is 4.80. The molecule has 0 unspecified atom stereocenters. The third-order valence-electron chi connectivity index (χ3n) is 4.31. The molecule has 0 fully saturated rings. The van der Waals surface area contributed by atoms with E-state index in [0.717, 1.165) is 42.6 Å². The summed E-state index contributed by atoms with van der Waals surface area (Å²) in [4.78, 5) is 17.2. The summed E-state index contributed by atoms with van der Waals surface area (Å²) in [5.41, 5.74) is 4.31. The minimum absolute atomic E-state index is 0.0400. The second kappa shape index (κ2) is 6.93. The van der Waals surface area contributed by atoms with Gasteiger partial charge in [-0.3, -0.25) is 15.0 Å². The smallest absolute Gasteiger partial charge is 0.214 e. The van der Waals surface area contributed by atoms with Crippen LogP contribution in [0.25, 0.3) is 11.3 Å². The lowest BCUT2D eigenvalue weighted by molar-refractivity contribution is 0.281. The van der Waals surface area contributed by atoms with E-state index in [1.54, 1.807) is 30.9 Å². The molecule has 0 spiro atoms. The number of pyridine rings is 2. The molecule has 3 aromatic heterocycles. The standard InChI is InChI=1S/C19H17FN4O/c20-15-5-3-7-22-18(15)12-25-19-10-14(17-11-21-8-9-23-17)13-4-1-2-6-16(13)24-19/h3,5,7-11H,1-2,4,6,12H2.